The first-order valence-electron chi connectivity index (χ1n) is 10.9. The lowest BCUT2D eigenvalue weighted by Crippen LogP contribution is -2.49. The Bertz CT molecular complexity index is 880. The minimum Gasteiger partial charge on any atom is -0.450 e. The van der Waals surface area contributed by atoms with Crippen molar-refractivity contribution in [1.82, 2.24) is 25.7 Å². The highest BCUT2D eigenvalue weighted by Crippen LogP contribution is 2.19. The maximum Gasteiger partial charge on any atom is 0.409 e. The molecule has 0 bridgehead atoms. The molecule has 0 saturated carbocycles. The summed E-state index contributed by atoms with van der Waals surface area (Å²) < 4.78 is 10.5. The first kappa shape index (κ1) is 25.9. The number of ether oxygens (including phenoxy) is 1. The zero-order chi connectivity index (χ0) is 22.1. The third-order valence-corrected chi connectivity index (χ3v) is 5.16. The van der Waals surface area contributed by atoms with E-state index in [1.807, 2.05) is 31.2 Å². The summed E-state index contributed by atoms with van der Waals surface area (Å²) in [7, 11) is 1.76. The van der Waals surface area contributed by atoms with Crippen LogP contribution in [0.4, 0.5) is 4.79 Å². The third kappa shape index (κ3) is 7.35. The zero-order valence-corrected chi connectivity index (χ0v) is 21.3. The van der Waals surface area contributed by atoms with E-state index in [0.717, 1.165) is 48.6 Å². The fraction of sp³-hybridized carbons (Fsp3) is 0.545. The average molecular weight is 556 g/mol. The highest BCUT2D eigenvalue weighted by Gasteiger charge is 2.24. The molecule has 3 rings (SSSR count). The smallest absolute Gasteiger partial charge is 0.409 e. The van der Waals surface area contributed by atoms with Gasteiger partial charge in [0.05, 0.1) is 6.61 Å². The number of amides is 1. The molecule has 0 radical (unpaired) electrons. The topological polar surface area (TPSA) is 105 Å². The van der Waals surface area contributed by atoms with Gasteiger partial charge in [0.15, 0.2) is 11.8 Å². The molecule has 2 heterocycles. The maximum absolute atomic E-state index is 11.8. The van der Waals surface area contributed by atoms with Crippen LogP contribution in [0.25, 0.3) is 11.5 Å². The number of carbonyl (C=O) groups is 1. The average Bonchev–Trinajstić information content (AvgIpc) is 3.26. The molecule has 1 aliphatic rings. The quantitative estimate of drug-likeness (QED) is 0.305. The highest BCUT2D eigenvalue weighted by atomic mass is 127. The fourth-order valence-corrected chi connectivity index (χ4v) is 3.51. The van der Waals surface area contributed by atoms with Crippen LogP contribution in [-0.4, -0.2) is 59.9 Å². The summed E-state index contributed by atoms with van der Waals surface area (Å²) in [6.45, 7) is 6.29. The van der Waals surface area contributed by atoms with Gasteiger partial charge in [0.2, 0.25) is 0 Å². The van der Waals surface area contributed by atoms with Crippen LogP contribution in [0.2, 0.25) is 0 Å². The Hall–Kier alpha value is -2.37. The Balaban J connectivity index is 0.00000363. The van der Waals surface area contributed by atoms with E-state index in [9.17, 15) is 4.79 Å². The first-order valence-corrected chi connectivity index (χ1v) is 10.9. The van der Waals surface area contributed by atoms with Gasteiger partial charge in [0.25, 0.3) is 5.89 Å². The SMILES string of the molecule is CCCc1noc(-c2cccc(CNC(=NC)NC3CCN(C(=O)OCC)CC3)c2)n1.I. The van der Waals surface area contributed by atoms with Gasteiger partial charge in [-0.05, 0) is 43.9 Å². The van der Waals surface area contributed by atoms with E-state index < -0.39 is 0 Å². The lowest BCUT2D eigenvalue weighted by atomic mass is 10.1. The zero-order valence-electron chi connectivity index (χ0n) is 19.0. The van der Waals surface area contributed by atoms with Crippen LogP contribution in [0, 0.1) is 0 Å². The summed E-state index contributed by atoms with van der Waals surface area (Å²) in [6.07, 6.45) is 3.27. The van der Waals surface area contributed by atoms with Crippen molar-refractivity contribution in [1.29, 1.82) is 0 Å². The fourth-order valence-electron chi connectivity index (χ4n) is 3.51. The van der Waals surface area contributed by atoms with Gasteiger partial charge in [-0.1, -0.05) is 24.2 Å². The number of nitrogens with one attached hydrogen (secondary N) is 2. The summed E-state index contributed by atoms with van der Waals surface area (Å²) in [6, 6.07) is 8.30. The second-order valence-electron chi connectivity index (χ2n) is 7.50. The van der Waals surface area contributed by atoms with E-state index in [0.29, 0.717) is 32.1 Å². The number of guanidine groups is 1. The molecule has 0 spiro atoms. The van der Waals surface area contributed by atoms with E-state index in [1.54, 1.807) is 11.9 Å². The minimum atomic E-state index is -0.230. The highest BCUT2D eigenvalue weighted by molar-refractivity contribution is 14.0. The summed E-state index contributed by atoms with van der Waals surface area (Å²) in [5.41, 5.74) is 2.00. The van der Waals surface area contributed by atoms with Crippen LogP contribution in [0.15, 0.2) is 33.8 Å². The summed E-state index contributed by atoms with van der Waals surface area (Å²) in [5, 5.41) is 10.8. The molecule has 1 fully saturated rings. The van der Waals surface area contributed by atoms with Crippen molar-refractivity contribution in [2.75, 3.05) is 26.7 Å². The molecule has 176 valence electrons. The molecule has 0 unspecified atom stereocenters. The van der Waals surface area contributed by atoms with Gasteiger partial charge in [-0.2, -0.15) is 4.98 Å². The van der Waals surface area contributed by atoms with Crippen LogP contribution >= 0.6 is 24.0 Å². The molecule has 1 saturated heterocycles. The molecule has 1 amide bonds. The predicted molar refractivity (Wildman–Crippen MR) is 134 cm³/mol. The molecule has 9 nitrogen and oxygen atoms in total. The van der Waals surface area contributed by atoms with E-state index in [1.165, 1.54) is 0 Å². The van der Waals surface area contributed by atoms with Crippen molar-refractivity contribution >= 4 is 36.0 Å². The number of nitrogens with zero attached hydrogens (tertiary/aromatic N) is 4. The number of aromatic nitrogens is 2. The Labute approximate surface area is 206 Å². The van der Waals surface area contributed by atoms with Crippen LogP contribution < -0.4 is 10.6 Å². The minimum absolute atomic E-state index is 0. The normalized spacial score (nSPS) is 14.6. The lowest BCUT2D eigenvalue weighted by Gasteiger charge is -2.32. The number of piperidine rings is 1. The van der Waals surface area contributed by atoms with Crippen molar-refractivity contribution in [2.45, 2.75) is 52.1 Å². The molecule has 0 aliphatic carbocycles. The number of halogens is 1. The molecule has 0 atom stereocenters. The Morgan fingerprint density at radius 1 is 1.31 bits per heavy atom. The maximum atomic E-state index is 11.8. The summed E-state index contributed by atoms with van der Waals surface area (Å²) >= 11 is 0. The molecular formula is C22H33IN6O3. The molecule has 1 aromatic carbocycles. The van der Waals surface area contributed by atoms with Gasteiger partial charge in [-0.25, -0.2) is 4.79 Å². The van der Waals surface area contributed by atoms with Gasteiger partial charge < -0.3 is 24.8 Å². The number of carbonyl (C=O) groups excluding carboxylic acids is 1. The number of benzene rings is 1. The van der Waals surface area contributed by atoms with Crippen LogP contribution in [0.3, 0.4) is 0 Å². The second kappa shape index (κ2) is 13.2. The number of hydrogen-bond donors (Lipinski definition) is 2. The Morgan fingerprint density at radius 3 is 2.78 bits per heavy atom. The molecule has 2 N–H and O–H groups in total. The van der Waals surface area contributed by atoms with Crippen molar-refractivity contribution in [3.8, 4) is 11.5 Å². The monoisotopic (exact) mass is 556 g/mol. The Kier molecular flexibility index (Phi) is 10.7. The van der Waals surface area contributed by atoms with Gasteiger partial charge in [-0.3, -0.25) is 4.99 Å². The number of aryl methyl sites for hydroxylation is 1. The standard InChI is InChI=1S/C22H32N6O3.HI/c1-4-7-19-26-20(31-27-19)17-9-6-8-16(14-17)15-24-21(23-3)25-18-10-12-28(13-11-18)22(29)30-5-2;/h6,8-9,14,18H,4-5,7,10-13,15H2,1-3H3,(H2,23,24,25);1H. The summed E-state index contributed by atoms with van der Waals surface area (Å²) in [4.78, 5) is 22.4. The van der Waals surface area contributed by atoms with Crippen LogP contribution in [0.1, 0.15) is 44.5 Å². The Morgan fingerprint density at radius 2 is 2.09 bits per heavy atom. The van der Waals surface area contributed by atoms with E-state index in [2.05, 4.69) is 32.7 Å². The summed E-state index contributed by atoms with van der Waals surface area (Å²) in [5.74, 6) is 2.02. The van der Waals surface area contributed by atoms with E-state index in [4.69, 9.17) is 9.26 Å². The van der Waals surface area contributed by atoms with Crippen molar-refractivity contribution in [2.24, 2.45) is 4.99 Å². The van der Waals surface area contributed by atoms with Gasteiger partial charge in [-0.15, -0.1) is 24.0 Å². The van der Waals surface area contributed by atoms with Gasteiger partial charge >= 0.3 is 6.09 Å². The molecule has 1 aromatic heterocycles. The molecular weight excluding hydrogens is 523 g/mol. The molecule has 2 aromatic rings. The molecule has 1 aliphatic heterocycles. The lowest BCUT2D eigenvalue weighted by molar-refractivity contribution is 0.0963. The van der Waals surface area contributed by atoms with Crippen molar-refractivity contribution in [3.05, 3.63) is 35.7 Å². The first-order chi connectivity index (χ1) is 15.1. The molecule has 10 heteroatoms. The largest absolute Gasteiger partial charge is 0.450 e. The number of likely N-dealkylation sites (tertiary alicyclic amines) is 1. The number of hydrogen-bond acceptors (Lipinski definition) is 6. The van der Waals surface area contributed by atoms with Crippen molar-refractivity contribution < 1.29 is 14.1 Å². The van der Waals surface area contributed by atoms with Gasteiger partial charge in [0.1, 0.15) is 0 Å². The second-order valence-corrected chi connectivity index (χ2v) is 7.50. The number of aliphatic imine (C=N–C) groups is 1. The van der Waals surface area contributed by atoms with Crippen molar-refractivity contribution in [3.63, 3.8) is 0 Å². The van der Waals surface area contributed by atoms with Gasteiger partial charge in [0, 0.05) is 44.7 Å². The van der Waals surface area contributed by atoms with E-state index >= 15 is 0 Å². The number of rotatable bonds is 7. The predicted octanol–water partition coefficient (Wildman–Crippen LogP) is 3.59. The van der Waals surface area contributed by atoms with Crippen LogP contribution in [-0.2, 0) is 17.7 Å². The van der Waals surface area contributed by atoms with Crippen LogP contribution in [0.5, 0.6) is 0 Å². The third-order valence-electron chi connectivity index (χ3n) is 5.16. The molecule has 32 heavy (non-hydrogen) atoms. The van der Waals surface area contributed by atoms with E-state index in [-0.39, 0.29) is 36.1 Å².